The Morgan fingerprint density at radius 1 is 0.306 bits per heavy atom. The van der Waals surface area contributed by atoms with Crippen LogP contribution in [0.5, 0.6) is 0 Å². The summed E-state index contributed by atoms with van der Waals surface area (Å²) in [6.07, 6.45) is 40.1. The van der Waals surface area contributed by atoms with Gasteiger partial charge in [-0.25, -0.2) is 0 Å². The standard InChI is InChI=1S/C34H70O2/c1-5-7-9-11-13-14-15-16-17-18-19-20-21-22-23-24-25-27-29-31-33-34(35-3,36-4)32-30-28-26-12-10-8-6-2/h5-33H2,1-4H3. The molecule has 0 atom stereocenters. The Hall–Kier alpha value is -0.0800. The van der Waals surface area contributed by atoms with Gasteiger partial charge in [-0.2, -0.15) is 0 Å². The maximum absolute atomic E-state index is 5.85. The molecule has 218 valence electrons. The largest absolute Gasteiger partial charge is 0.353 e. The van der Waals surface area contributed by atoms with Crippen molar-refractivity contribution < 1.29 is 9.47 Å². The molecule has 0 heterocycles. The molecule has 0 rings (SSSR count). The highest BCUT2D eigenvalue weighted by atomic mass is 16.7. The summed E-state index contributed by atoms with van der Waals surface area (Å²) >= 11 is 0. The first-order valence-electron chi connectivity index (χ1n) is 16.8. The van der Waals surface area contributed by atoms with Crippen molar-refractivity contribution in [1.82, 2.24) is 0 Å². The van der Waals surface area contributed by atoms with Gasteiger partial charge in [0.25, 0.3) is 0 Å². The molecule has 0 bridgehead atoms. The fourth-order valence-electron chi connectivity index (χ4n) is 5.62. The Kier molecular flexibility index (Phi) is 29.4. The summed E-state index contributed by atoms with van der Waals surface area (Å²) in [5.74, 6) is -0.336. The van der Waals surface area contributed by atoms with E-state index in [2.05, 4.69) is 13.8 Å². The highest BCUT2D eigenvalue weighted by Gasteiger charge is 2.28. The van der Waals surface area contributed by atoms with Crippen LogP contribution in [0.15, 0.2) is 0 Å². The number of rotatable bonds is 31. The average Bonchev–Trinajstić information content (AvgIpc) is 2.90. The molecule has 0 N–H and O–H groups in total. The van der Waals surface area contributed by atoms with Gasteiger partial charge in [-0.1, -0.05) is 174 Å². The summed E-state index contributed by atoms with van der Waals surface area (Å²) in [5, 5.41) is 0. The van der Waals surface area contributed by atoms with Crippen LogP contribution in [-0.2, 0) is 9.47 Å². The summed E-state index contributed by atoms with van der Waals surface area (Å²) in [6, 6.07) is 0. The van der Waals surface area contributed by atoms with Crippen molar-refractivity contribution in [3.63, 3.8) is 0 Å². The van der Waals surface area contributed by atoms with E-state index in [1.165, 1.54) is 173 Å². The fourth-order valence-corrected chi connectivity index (χ4v) is 5.62. The van der Waals surface area contributed by atoms with Gasteiger partial charge in [0.1, 0.15) is 0 Å². The zero-order valence-corrected chi connectivity index (χ0v) is 25.8. The summed E-state index contributed by atoms with van der Waals surface area (Å²) in [7, 11) is 3.67. The van der Waals surface area contributed by atoms with Crippen molar-refractivity contribution >= 4 is 0 Å². The topological polar surface area (TPSA) is 18.5 Å². The van der Waals surface area contributed by atoms with E-state index >= 15 is 0 Å². The van der Waals surface area contributed by atoms with Crippen molar-refractivity contribution in [2.45, 2.75) is 206 Å². The Balaban J connectivity index is 3.42. The van der Waals surface area contributed by atoms with E-state index in [0.717, 1.165) is 12.8 Å². The normalized spacial score (nSPS) is 12.0. The van der Waals surface area contributed by atoms with Crippen LogP contribution in [0.4, 0.5) is 0 Å². The van der Waals surface area contributed by atoms with E-state index in [4.69, 9.17) is 9.47 Å². The monoisotopic (exact) mass is 511 g/mol. The van der Waals surface area contributed by atoms with E-state index < -0.39 is 0 Å². The van der Waals surface area contributed by atoms with Crippen LogP contribution in [0.2, 0.25) is 0 Å². The third-order valence-electron chi connectivity index (χ3n) is 8.32. The molecule has 0 aliphatic heterocycles. The second kappa shape index (κ2) is 29.5. The Morgan fingerprint density at radius 3 is 0.694 bits per heavy atom. The lowest BCUT2D eigenvalue weighted by Gasteiger charge is -2.31. The third-order valence-corrected chi connectivity index (χ3v) is 8.32. The molecule has 0 saturated carbocycles. The van der Waals surface area contributed by atoms with Gasteiger partial charge < -0.3 is 9.47 Å². The van der Waals surface area contributed by atoms with Gasteiger partial charge in [-0.3, -0.25) is 0 Å². The zero-order chi connectivity index (χ0) is 26.4. The first-order chi connectivity index (χ1) is 17.7. The molecule has 0 unspecified atom stereocenters. The minimum absolute atomic E-state index is 0.336. The molecule has 0 radical (unpaired) electrons. The molecule has 0 aromatic heterocycles. The predicted molar refractivity (Wildman–Crippen MR) is 162 cm³/mol. The minimum atomic E-state index is -0.336. The number of hydrogen-bond donors (Lipinski definition) is 0. The van der Waals surface area contributed by atoms with Crippen LogP contribution in [0.1, 0.15) is 200 Å². The average molecular weight is 511 g/mol. The Morgan fingerprint density at radius 2 is 0.500 bits per heavy atom. The lowest BCUT2D eigenvalue weighted by atomic mass is 9.98. The molecular formula is C34H70O2. The molecule has 0 aliphatic rings. The summed E-state index contributed by atoms with van der Waals surface area (Å²) < 4.78 is 11.7. The molecule has 0 amide bonds. The highest BCUT2D eigenvalue weighted by Crippen LogP contribution is 2.27. The SMILES string of the molecule is CCCCCCCCCCCCCCCCCCCCCCC(CCCCCCCCC)(OC)OC. The van der Waals surface area contributed by atoms with Gasteiger partial charge in [-0.05, 0) is 12.8 Å². The predicted octanol–water partition coefficient (Wildman–Crippen LogP) is 12.3. The molecular weight excluding hydrogens is 440 g/mol. The lowest BCUT2D eigenvalue weighted by Crippen LogP contribution is -2.33. The minimum Gasteiger partial charge on any atom is -0.353 e. The van der Waals surface area contributed by atoms with Crippen LogP contribution in [0.25, 0.3) is 0 Å². The summed E-state index contributed by atoms with van der Waals surface area (Å²) in [4.78, 5) is 0. The van der Waals surface area contributed by atoms with Gasteiger partial charge >= 0.3 is 0 Å². The maximum Gasteiger partial charge on any atom is 0.167 e. The van der Waals surface area contributed by atoms with Crippen LogP contribution in [0, 0.1) is 0 Å². The van der Waals surface area contributed by atoms with E-state index in [1.54, 1.807) is 0 Å². The Bertz CT molecular complexity index is 391. The molecule has 2 nitrogen and oxygen atoms in total. The van der Waals surface area contributed by atoms with E-state index in [1.807, 2.05) is 14.2 Å². The number of unbranched alkanes of at least 4 members (excludes halogenated alkanes) is 25. The van der Waals surface area contributed by atoms with Crippen molar-refractivity contribution in [3.8, 4) is 0 Å². The van der Waals surface area contributed by atoms with Crippen LogP contribution in [0.3, 0.4) is 0 Å². The molecule has 0 aliphatic carbocycles. The maximum atomic E-state index is 5.85. The van der Waals surface area contributed by atoms with Crippen molar-refractivity contribution in [2.24, 2.45) is 0 Å². The molecule has 0 fully saturated rings. The van der Waals surface area contributed by atoms with Gasteiger partial charge in [0.05, 0.1) is 0 Å². The quantitative estimate of drug-likeness (QED) is 0.0681. The van der Waals surface area contributed by atoms with Gasteiger partial charge in [0.2, 0.25) is 0 Å². The molecule has 36 heavy (non-hydrogen) atoms. The summed E-state index contributed by atoms with van der Waals surface area (Å²) in [5.41, 5.74) is 0. The van der Waals surface area contributed by atoms with Crippen molar-refractivity contribution in [1.29, 1.82) is 0 Å². The first-order valence-corrected chi connectivity index (χ1v) is 16.8. The lowest BCUT2D eigenvalue weighted by molar-refractivity contribution is -0.216. The summed E-state index contributed by atoms with van der Waals surface area (Å²) in [6.45, 7) is 4.59. The first kappa shape index (κ1) is 35.9. The van der Waals surface area contributed by atoms with E-state index in [9.17, 15) is 0 Å². The van der Waals surface area contributed by atoms with E-state index in [-0.39, 0.29) is 5.79 Å². The van der Waals surface area contributed by atoms with Crippen LogP contribution in [-0.4, -0.2) is 20.0 Å². The fraction of sp³-hybridized carbons (Fsp3) is 1.00. The van der Waals surface area contributed by atoms with Crippen LogP contribution < -0.4 is 0 Å². The van der Waals surface area contributed by atoms with Gasteiger partial charge in [0, 0.05) is 27.1 Å². The molecule has 2 heteroatoms. The van der Waals surface area contributed by atoms with Crippen molar-refractivity contribution in [2.75, 3.05) is 14.2 Å². The molecule has 0 aromatic carbocycles. The molecule has 0 aromatic rings. The highest BCUT2D eigenvalue weighted by molar-refractivity contribution is 4.70. The third kappa shape index (κ3) is 24.3. The van der Waals surface area contributed by atoms with Gasteiger partial charge in [-0.15, -0.1) is 0 Å². The second-order valence-corrected chi connectivity index (χ2v) is 11.7. The Labute approximate surface area is 229 Å². The van der Waals surface area contributed by atoms with Crippen LogP contribution >= 0.6 is 0 Å². The van der Waals surface area contributed by atoms with Gasteiger partial charge in [0.15, 0.2) is 5.79 Å². The number of hydrogen-bond acceptors (Lipinski definition) is 2. The number of ether oxygens (including phenoxy) is 2. The van der Waals surface area contributed by atoms with Crippen molar-refractivity contribution in [3.05, 3.63) is 0 Å². The zero-order valence-electron chi connectivity index (χ0n) is 25.8. The molecule has 0 spiro atoms. The molecule has 0 saturated heterocycles. The second-order valence-electron chi connectivity index (χ2n) is 11.7. The smallest absolute Gasteiger partial charge is 0.167 e. The van der Waals surface area contributed by atoms with E-state index in [0.29, 0.717) is 0 Å². The number of methoxy groups -OCH3 is 2.